The fraction of sp³-hybridized carbons (Fsp3) is 0.900. The molecule has 0 aromatic rings. The molecule has 13 heavy (non-hydrogen) atoms. The number of nitrogens with one attached hydrogen (secondary N) is 1. The van der Waals surface area contributed by atoms with Crippen molar-refractivity contribution in [1.29, 1.82) is 0 Å². The van der Waals surface area contributed by atoms with E-state index in [4.69, 9.17) is 11.6 Å². The normalized spacial score (nSPS) is 11.4. The number of amides is 1. The molecule has 0 unspecified atom stereocenters. The van der Waals surface area contributed by atoms with Gasteiger partial charge >= 0.3 is 0 Å². The molecule has 0 radical (unpaired) electrons. The Morgan fingerprint density at radius 3 is 2.46 bits per heavy atom. The minimum Gasteiger partial charge on any atom is -0.356 e. The number of alkyl halides is 1. The van der Waals surface area contributed by atoms with Crippen LogP contribution in [0.4, 0.5) is 0 Å². The minimum atomic E-state index is -0.235. The standard InChI is InChI=1S/C10H20ClNO/c1-4-10(2,3)9(13)12-8-6-5-7-11/h4-8H2,1-3H3,(H,12,13). The molecule has 1 amide bonds. The molecule has 0 aromatic carbocycles. The maximum atomic E-state index is 11.5. The lowest BCUT2D eigenvalue weighted by Gasteiger charge is -2.21. The maximum absolute atomic E-state index is 11.5. The van der Waals surface area contributed by atoms with Crippen LogP contribution in [0.5, 0.6) is 0 Å². The predicted molar refractivity (Wildman–Crippen MR) is 57.0 cm³/mol. The number of rotatable bonds is 6. The topological polar surface area (TPSA) is 29.1 Å². The molecule has 2 nitrogen and oxygen atoms in total. The molecule has 0 spiro atoms. The zero-order chi connectivity index (χ0) is 10.3. The van der Waals surface area contributed by atoms with Crippen molar-refractivity contribution in [3.63, 3.8) is 0 Å². The van der Waals surface area contributed by atoms with Gasteiger partial charge in [-0.25, -0.2) is 0 Å². The first kappa shape index (κ1) is 12.8. The molecule has 0 saturated heterocycles. The molecule has 3 heteroatoms. The smallest absolute Gasteiger partial charge is 0.225 e. The molecule has 0 atom stereocenters. The van der Waals surface area contributed by atoms with Crippen molar-refractivity contribution in [2.24, 2.45) is 5.41 Å². The van der Waals surface area contributed by atoms with Gasteiger partial charge in [-0.1, -0.05) is 20.8 Å². The van der Waals surface area contributed by atoms with Gasteiger partial charge < -0.3 is 5.32 Å². The third kappa shape index (κ3) is 5.14. The Bertz CT molecular complexity index is 157. The lowest BCUT2D eigenvalue weighted by molar-refractivity contribution is -0.129. The first-order chi connectivity index (χ1) is 6.04. The molecule has 0 aromatic heterocycles. The van der Waals surface area contributed by atoms with Gasteiger partial charge in [0.1, 0.15) is 0 Å². The summed E-state index contributed by atoms with van der Waals surface area (Å²) < 4.78 is 0. The monoisotopic (exact) mass is 205 g/mol. The second kappa shape index (κ2) is 6.25. The lowest BCUT2D eigenvalue weighted by Crippen LogP contribution is -2.36. The minimum absolute atomic E-state index is 0.143. The molecule has 0 aliphatic rings. The van der Waals surface area contributed by atoms with E-state index in [-0.39, 0.29) is 11.3 Å². The predicted octanol–water partition coefficient (Wildman–Crippen LogP) is 2.56. The van der Waals surface area contributed by atoms with Crippen LogP contribution in [0.25, 0.3) is 0 Å². The highest BCUT2D eigenvalue weighted by Gasteiger charge is 2.24. The number of carbonyl (C=O) groups excluding carboxylic acids is 1. The van der Waals surface area contributed by atoms with E-state index in [2.05, 4.69) is 5.32 Å². The number of carbonyl (C=O) groups is 1. The molecule has 0 heterocycles. The lowest BCUT2D eigenvalue weighted by atomic mass is 9.89. The van der Waals surface area contributed by atoms with E-state index in [0.29, 0.717) is 5.88 Å². The van der Waals surface area contributed by atoms with Crippen LogP contribution in [0, 0.1) is 5.41 Å². The zero-order valence-corrected chi connectivity index (χ0v) is 9.58. The van der Waals surface area contributed by atoms with Crippen molar-refractivity contribution in [2.75, 3.05) is 12.4 Å². The molecular weight excluding hydrogens is 186 g/mol. The van der Waals surface area contributed by atoms with Gasteiger partial charge in [0.15, 0.2) is 0 Å². The average molecular weight is 206 g/mol. The SMILES string of the molecule is CCC(C)(C)C(=O)NCCCCCl. The molecular formula is C10H20ClNO. The first-order valence-electron chi connectivity index (χ1n) is 4.89. The highest BCUT2D eigenvalue weighted by molar-refractivity contribution is 6.17. The number of unbranched alkanes of at least 4 members (excludes halogenated alkanes) is 1. The second-order valence-electron chi connectivity index (χ2n) is 3.89. The van der Waals surface area contributed by atoms with Crippen LogP contribution in [0.15, 0.2) is 0 Å². The molecule has 0 fully saturated rings. The number of halogens is 1. The second-order valence-corrected chi connectivity index (χ2v) is 4.27. The number of hydrogen-bond donors (Lipinski definition) is 1. The Kier molecular flexibility index (Phi) is 6.13. The van der Waals surface area contributed by atoms with Gasteiger partial charge in [0.2, 0.25) is 5.91 Å². The molecule has 78 valence electrons. The molecule has 1 N–H and O–H groups in total. The summed E-state index contributed by atoms with van der Waals surface area (Å²) >= 11 is 5.52. The fourth-order valence-electron chi connectivity index (χ4n) is 0.821. The fourth-order valence-corrected chi connectivity index (χ4v) is 1.01. The van der Waals surface area contributed by atoms with Crippen LogP contribution < -0.4 is 5.32 Å². The van der Waals surface area contributed by atoms with E-state index in [9.17, 15) is 4.79 Å². The number of hydrogen-bond acceptors (Lipinski definition) is 1. The van der Waals surface area contributed by atoms with Crippen LogP contribution in [0.1, 0.15) is 40.0 Å². The van der Waals surface area contributed by atoms with Gasteiger partial charge in [-0.15, -0.1) is 11.6 Å². The van der Waals surface area contributed by atoms with Gasteiger partial charge in [-0.3, -0.25) is 4.79 Å². The van der Waals surface area contributed by atoms with Crippen LogP contribution in [0.2, 0.25) is 0 Å². The molecule has 0 bridgehead atoms. The van der Waals surface area contributed by atoms with E-state index in [0.717, 1.165) is 25.8 Å². The molecule has 0 aliphatic carbocycles. The Balaban J connectivity index is 3.62. The molecule has 0 saturated carbocycles. The van der Waals surface area contributed by atoms with Crippen LogP contribution in [0.3, 0.4) is 0 Å². The van der Waals surface area contributed by atoms with E-state index < -0.39 is 0 Å². The highest BCUT2D eigenvalue weighted by Crippen LogP contribution is 2.19. The third-order valence-electron chi connectivity index (χ3n) is 2.34. The van der Waals surface area contributed by atoms with Gasteiger partial charge in [-0.05, 0) is 19.3 Å². The zero-order valence-electron chi connectivity index (χ0n) is 8.82. The van der Waals surface area contributed by atoms with E-state index in [1.165, 1.54) is 0 Å². The van der Waals surface area contributed by atoms with Crippen molar-refractivity contribution in [1.82, 2.24) is 5.32 Å². The summed E-state index contributed by atoms with van der Waals surface area (Å²) in [5, 5.41) is 2.91. The Hall–Kier alpha value is -0.240. The summed E-state index contributed by atoms with van der Waals surface area (Å²) in [6.45, 7) is 6.70. The van der Waals surface area contributed by atoms with E-state index in [1.54, 1.807) is 0 Å². The van der Waals surface area contributed by atoms with Crippen molar-refractivity contribution >= 4 is 17.5 Å². The van der Waals surface area contributed by atoms with Gasteiger partial charge in [-0.2, -0.15) is 0 Å². The van der Waals surface area contributed by atoms with Gasteiger partial charge in [0, 0.05) is 17.8 Å². The van der Waals surface area contributed by atoms with Gasteiger partial charge in [0.05, 0.1) is 0 Å². The highest BCUT2D eigenvalue weighted by atomic mass is 35.5. The Morgan fingerprint density at radius 1 is 1.38 bits per heavy atom. The van der Waals surface area contributed by atoms with Gasteiger partial charge in [0.25, 0.3) is 0 Å². The summed E-state index contributed by atoms with van der Waals surface area (Å²) in [6.07, 6.45) is 2.80. The van der Waals surface area contributed by atoms with Crippen LogP contribution in [-0.4, -0.2) is 18.3 Å². The Morgan fingerprint density at radius 2 is 2.00 bits per heavy atom. The molecule has 0 aliphatic heterocycles. The largest absolute Gasteiger partial charge is 0.356 e. The summed E-state index contributed by atoms with van der Waals surface area (Å²) in [5.74, 6) is 0.817. The van der Waals surface area contributed by atoms with Crippen molar-refractivity contribution in [2.45, 2.75) is 40.0 Å². The van der Waals surface area contributed by atoms with Crippen molar-refractivity contribution in [3.8, 4) is 0 Å². The maximum Gasteiger partial charge on any atom is 0.225 e. The first-order valence-corrected chi connectivity index (χ1v) is 5.42. The third-order valence-corrected chi connectivity index (χ3v) is 2.61. The molecule has 0 rings (SSSR count). The average Bonchev–Trinajstić information content (AvgIpc) is 2.12. The van der Waals surface area contributed by atoms with Crippen molar-refractivity contribution in [3.05, 3.63) is 0 Å². The summed E-state index contributed by atoms with van der Waals surface area (Å²) in [6, 6.07) is 0. The Labute approximate surface area is 86.0 Å². The van der Waals surface area contributed by atoms with Crippen LogP contribution >= 0.6 is 11.6 Å². The summed E-state index contributed by atoms with van der Waals surface area (Å²) in [5.41, 5.74) is -0.235. The van der Waals surface area contributed by atoms with Crippen LogP contribution in [-0.2, 0) is 4.79 Å². The quantitative estimate of drug-likeness (QED) is 0.524. The van der Waals surface area contributed by atoms with E-state index >= 15 is 0 Å². The summed E-state index contributed by atoms with van der Waals surface area (Å²) in [7, 11) is 0. The van der Waals surface area contributed by atoms with Crippen molar-refractivity contribution < 1.29 is 4.79 Å². The summed E-state index contributed by atoms with van der Waals surface area (Å²) in [4.78, 5) is 11.5. The van der Waals surface area contributed by atoms with E-state index in [1.807, 2.05) is 20.8 Å².